The standard InChI is InChI=1S/C16H24F3NO/c1-9-10(2)12(4)15(13(5)11(9)3)14(20)6-7-21-8-16(17,18)19/h14H,6-8,20H2,1-5H3. The van der Waals surface area contributed by atoms with E-state index in [1.165, 1.54) is 16.7 Å². The van der Waals surface area contributed by atoms with Crippen LogP contribution in [0.2, 0.25) is 0 Å². The average Bonchev–Trinajstić information content (AvgIpc) is 2.38. The van der Waals surface area contributed by atoms with Crippen molar-refractivity contribution in [3.63, 3.8) is 0 Å². The van der Waals surface area contributed by atoms with Gasteiger partial charge in [-0.1, -0.05) is 0 Å². The zero-order chi connectivity index (χ0) is 16.4. The Morgan fingerprint density at radius 2 is 1.33 bits per heavy atom. The minimum atomic E-state index is -4.28. The summed E-state index contributed by atoms with van der Waals surface area (Å²) in [4.78, 5) is 0. The molecule has 0 bridgehead atoms. The van der Waals surface area contributed by atoms with Crippen molar-refractivity contribution in [2.24, 2.45) is 5.73 Å². The number of benzene rings is 1. The van der Waals surface area contributed by atoms with Crippen molar-refractivity contribution >= 4 is 0 Å². The second-order valence-electron chi connectivity index (χ2n) is 5.60. The number of rotatable bonds is 5. The van der Waals surface area contributed by atoms with Gasteiger partial charge in [-0.05, 0) is 74.4 Å². The minimum Gasteiger partial charge on any atom is -0.372 e. The Balaban J connectivity index is 2.82. The zero-order valence-corrected chi connectivity index (χ0v) is 13.3. The SMILES string of the molecule is Cc1c(C)c(C)c(C(N)CCOCC(F)(F)F)c(C)c1C. The van der Waals surface area contributed by atoms with Crippen molar-refractivity contribution in [1.82, 2.24) is 0 Å². The van der Waals surface area contributed by atoms with Crippen molar-refractivity contribution in [2.75, 3.05) is 13.2 Å². The van der Waals surface area contributed by atoms with E-state index >= 15 is 0 Å². The molecule has 1 rings (SSSR count). The lowest BCUT2D eigenvalue weighted by Gasteiger charge is -2.23. The van der Waals surface area contributed by atoms with Crippen LogP contribution in [0, 0.1) is 34.6 Å². The lowest BCUT2D eigenvalue weighted by molar-refractivity contribution is -0.174. The first-order chi connectivity index (χ1) is 9.56. The van der Waals surface area contributed by atoms with Gasteiger partial charge in [-0.15, -0.1) is 0 Å². The normalized spacial score (nSPS) is 13.6. The molecule has 0 aromatic heterocycles. The smallest absolute Gasteiger partial charge is 0.372 e. The molecule has 2 N–H and O–H groups in total. The van der Waals surface area contributed by atoms with Crippen LogP contribution in [0.4, 0.5) is 13.2 Å². The Hall–Kier alpha value is -1.07. The molecule has 0 radical (unpaired) electrons. The maximum atomic E-state index is 12.0. The zero-order valence-electron chi connectivity index (χ0n) is 13.3. The van der Waals surface area contributed by atoms with Gasteiger partial charge in [0.15, 0.2) is 0 Å². The molecule has 120 valence electrons. The third-order valence-electron chi connectivity index (χ3n) is 4.27. The van der Waals surface area contributed by atoms with E-state index in [1.54, 1.807) is 0 Å². The highest BCUT2D eigenvalue weighted by molar-refractivity contribution is 5.50. The van der Waals surface area contributed by atoms with Crippen molar-refractivity contribution in [1.29, 1.82) is 0 Å². The quantitative estimate of drug-likeness (QED) is 0.828. The van der Waals surface area contributed by atoms with E-state index in [-0.39, 0.29) is 12.6 Å². The van der Waals surface area contributed by atoms with Crippen LogP contribution in [0.25, 0.3) is 0 Å². The summed E-state index contributed by atoms with van der Waals surface area (Å²) in [5.41, 5.74) is 13.1. The third-order valence-corrected chi connectivity index (χ3v) is 4.27. The van der Waals surface area contributed by atoms with E-state index in [4.69, 9.17) is 5.73 Å². The number of hydrogen-bond donors (Lipinski definition) is 1. The van der Waals surface area contributed by atoms with Crippen molar-refractivity contribution < 1.29 is 17.9 Å². The van der Waals surface area contributed by atoms with Gasteiger partial charge in [0.1, 0.15) is 6.61 Å². The monoisotopic (exact) mass is 303 g/mol. The van der Waals surface area contributed by atoms with Gasteiger partial charge in [-0.25, -0.2) is 0 Å². The van der Waals surface area contributed by atoms with Crippen molar-refractivity contribution in [3.8, 4) is 0 Å². The molecular weight excluding hydrogens is 279 g/mol. The molecule has 0 amide bonds. The molecule has 0 spiro atoms. The van der Waals surface area contributed by atoms with Gasteiger partial charge in [-0.3, -0.25) is 0 Å². The highest BCUT2D eigenvalue weighted by Gasteiger charge is 2.27. The number of alkyl halides is 3. The molecule has 0 heterocycles. The number of hydrogen-bond acceptors (Lipinski definition) is 2. The molecule has 1 unspecified atom stereocenters. The summed E-state index contributed by atoms with van der Waals surface area (Å²) in [6.07, 6.45) is -3.91. The molecule has 1 aromatic carbocycles. The molecule has 1 atom stereocenters. The van der Waals surface area contributed by atoms with Crippen LogP contribution in [-0.2, 0) is 4.74 Å². The first-order valence-corrected chi connectivity index (χ1v) is 7.03. The third kappa shape index (κ3) is 4.45. The number of halogens is 3. The van der Waals surface area contributed by atoms with Crippen molar-refractivity contribution in [2.45, 2.75) is 53.3 Å². The topological polar surface area (TPSA) is 35.2 Å². The summed E-state index contributed by atoms with van der Waals surface area (Å²) < 4.78 is 40.7. The van der Waals surface area contributed by atoms with Gasteiger partial charge in [0.05, 0.1) is 0 Å². The molecule has 0 aliphatic rings. The van der Waals surface area contributed by atoms with Gasteiger partial charge in [0, 0.05) is 12.6 Å². The van der Waals surface area contributed by atoms with Crippen LogP contribution in [-0.4, -0.2) is 19.4 Å². The van der Waals surface area contributed by atoms with Gasteiger partial charge >= 0.3 is 6.18 Å². The Bertz CT molecular complexity index is 480. The van der Waals surface area contributed by atoms with E-state index in [1.807, 2.05) is 27.7 Å². The highest BCUT2D eigenvalue weighted by atomic mass is 19.4. The van der Waals surface area contributed by atoms with Crippen LogP contribution in [0.15, 0.2) is 0 Å². The Labute approximate surface area is 124 Å². The fraction of sp³-hybridized carbons (Fsp3) is 0.625. The number of ether oxygens (including phenoxy) is 1. The van der Waals surface area contributed by atoms with Crippen LogP contribution >= 0.6 is 0 Å². The summed E-state index contributed by atoms with van der Waals surface area (Å²) in [7, 11) is 0. The Kier molecular flexibility index (Phi) is 5.82. The Morgan fingerprint density at radius 1 is 0.905 bits per heavy atom. The summed E-state index contributed by atoms with van der Waals surface area (Å²) in [6, 6.07) is -0.309. The molecule has 0 saturated heterocycles. The molecular formula is C16H24F3NO. The highest BCUT2D eigenvalue weighted by Crippen LogP contribution is 2.30. The summed E-state index contributed by atoms with van der Waals surface area (Å²) in [6.45, 7) is 8.99. The second-order valence-corrected chi connectivity index (χ2v) is 5.60. The maximum Gasteiger partial charge on any atom is 0.411 e. The maximum absolute atomic E-state index is 12.0. The summed E-state index contributed by atoms with van der Waals surface area (Å²) >= 11 is 0. The fourth-order valence-electron chi connectivity index (χ4n) is 2.63. The largest absolute Gasteiger partial charge is 0.411 e. The van der Waals surface area contributed by atoms with Gasteiger partial charge in [-0.2, -0.15) is 13.2 Å². The lowest BCUT2D eigenvalue weighted by atomic mass is 9.86. The predicted molar refractivity (Wildman–Crippen MR) is 78.5 cm³/mol. The number of nitrogens with two attached hydrogens (primary N) is 1. The van der Waals surface area contributed by atoms with Crippen LogP contribution < -0.4 is 5.73 Å². The summed E-state index contributed by atoms with van der Waals surface area (Å²) in [5, 5.41) is 0. The van der Waals surface area contributed by atoms with Crippen LogP contribution in [0.5, 0.6) is 0 Å². The van der Waals surface area contributed by atoms with Gasteiger partial charge in [0.25, 0.3) is 0 Å². The molecule has 2 nitrogen and oxygen atoms in total. The fourth-order valence-corrected chi connectivity index (χ4v) is 2.63. The van der Waals surface area contributed by atoms with E-state index in [0.29, 0.717) is 6.42 Å². The van der Waals surface area contributed by atoms with E-state index in [0.717, 1.165) is 16.7 Å². The predicted octanol–water partition coefficient (Wildman–Crippen LogP) is 4.20. The van der Waals surface area contributed by atoms with E-state index < -0.39 is 12.8 Å². The molecule has 0 fully saturated rings. The molecule has 21 heavy (non-hydrogen) atoms. The Morgan fingerprint density at radius 3 is 1.76 bits per heavy atom. The molecule has 1 aromatic rings. The average molecular weight is 303 g/mol. The van der Waals surface area contributed by atoms with Crippen LogP contribution in [0.1, 0.15) is 45.8 Å². The van der Waals surface area contributed by atoms with Crippen LogP contribution in [0.3, 0.4) is 0 Å². The lowest BCUT2D eigenvalue weighted by Crippen LogP contribution is -2.21. The minimum absolute atomic E-state index is 0.00548. The van der Waals surface area contributed by atoms with Crippen molar-refractivity contribution in [3.05, 3.63) is 33.4 Å². The molecule has 0 aliphatic carbocycles. The molecule has 5 heteroatoms. The van der Waals surface area contributed by atoms with E-state index in [9.17, 15) is 13.2 Å². The second kappa shape index (κ2) is 6.79. The van der Waals surface area contributed by atoms with Gasteiger partial charge in [0.2, 0.25) is 0 Å². The molecule has 0 aliphatic heterocycles. The first kappa shape index (κ1) is 18.0. The summed E-state index contributed by atoms with van der Waals surface area (Å²) in [5.74, 6) is 0. The van der Waals surface area contributed by atoms with Gasteiger partial charge < -0.3 is 10.5 Å². The van der Waals surface area contributed by atoms with E-state index in [2.05, 4.69) is 11.7 Å². The molecule has 0 saturated carbocycles. The first-order valence-electron chi connectivity index (χ1n) is 7.03.